The molecule has 0 spiro atoms. The molecule has 0 saturated carbocycles. The van der Waals surface area contributed by atoms with E-state index < -0.39 is 5.97 Å². The van der Waals surface area contributed by atoms with Crippen molar-refractivity contribution in [2.45, 2.75) is 0 Å². The van der Waals surface area contributed by atoms with Gasteiger partial charge in [0.1, 0.15) is 12.3 Å². The first-order valence-corrected chi connectivity index (χ1v) is 9.10. The fraction of sp³-hybridized carbons (Fsp3) is 0.0455. The SMILES string of the molecule is O=C(CNC(=O)c1ccccc1)Oc1ccc(NC(=O)c2ccccc2Cl)cc1. The van der Waals surface area contributed by atoms with E-state index in [2.05, 4.69) is 10.6 Å². The van der Waals surface area contributed by atoms with E-state index in [-0.39, 0.29) is 18.4 Å². The molecule has 7 heteroatoms. The summed E-state index contributed by atoms with van der Waals surface area (Å²) in [5, 5.41) is 5.57. The van der Waals surface area contributed by atoms with Crippen molar-refractivity contribution in [2.75, 3.05) is 11.9 Å². The Bertz CT molecular complexity index is 1020. The number of hydrogen-bond acceptors (Lipinski definition) is 4. The molecule has 0 atom stereocenters. The highest BCUT2D eigenvalue weighted by molar-refractivity contribution is 6.34. The molecule has 0 aromatic heterocycles. The summed E-state index contributed by atoms with van der Waals surface area (Å²) >= 11 is 6.01. The maximum Gasteiger partial charge on any atom is 0.330 e. The topological polar surface area (TPSA) is 84.5 Å². The first kappa shape index (κ1) is 20.1. The molecule has 0 bridgehead atoms. The van der Waals surface area contributed by atoms with Crippen molar-refractivity contribution in [1.82, 2.24) is 5.32 Å². The minimum atomic E-state index is -0.609. The van der Waals surface area contributed by atoms with E-state index in [1.54, 1.807) is 78.9 Å². The average molecular weight is 409 g/mol. The fourth-order valence-electron chi connectivity index (χ4n) is 2.46. The fourth-order valence-corrected chi connectivity index (χ4v) is 2.68. The van der Waals surface area contributed by atoms with Crippen LogP contribution in [0.3, 0.4) is 0 Å². The Kier molecular flexibility index (Phi) is 6.60. The molecule has 0 fully saturated rings. The van der Waals surface area contributed by atoms with Gasteiger partial charge in [-0.25, -0.2) is 4.79 Å². The molecule has 0 radical (unpaired) electrons. The molecule has 146 valence electrons. The maximum absolute atomic E-state index is 12.2. The zero-order valence-corrected chi connectivity index (χ0v) is 16.0. The van der Waals surface area contributed by atoms with Gasteiger partial charge in [-0.05, 0) is 48.5 Å². The highest BCUT2D eigenvalue weighted by Gasteiger charge is 2.11. The molecular weight excluding hydrogens is 392 g/mol. The van der Waals surface area contributed by atoms with Gasteiger partial charge in [-0.1, -0.05) is 41.9 Å². The molecule has 0 unspecified atom stereocenters. The van der Waals surface area contributed by atoms with Crippen molar-refractivity contribution >= 4 is 35.1 Å². The van der Waals surface area contributed by atoms with Crippen LogP contribution in [0, 0.1) is 0 Å². The van der Waals surface area contributed by atoms with Gasteiger partial charge >= 0.3 is 5.97 Å². The van der Waals surface area contributed by atoms with E-state index >= 15 is 0 Å². The summed E-state index contributed by atoms with van der Waals surface area (Å²) in [6.45, 7) is -0.265. The van der Waals surface area contributed by atoms with E-state index in [1.165, 1.54) is 0 Å². The largest absolute Gasteiger partial charge is 0.425 e. The van der Waals surface area contributed by atoms with E-state index in [4.69, 9.17) is 16.3 Å². The molecule has 3 rings (SSSR count). The summed E-state index contributed by atoms with van der Waals surface area (Å²) in [5.41, 5.74) is 1.34. The van der Waals surface area contributed by atoms with Gasteiger partial charge < -0.3 is 15.4 Å². The number of amides is 2. The van der Waals surface area contributed by atoms with Gasteiger partial charge in [0.2, 0.25) is 0 Å². The lowest BCUT2D eigenvalue weighted by Gasteiger charge is -2.09. The summed E-state index contributed by atoms with van der Waals surface area (Å²) in [4.78, 5) is 36.1. The van der Waals surface area contributed by atoms with E-state index in [9.17, 15) is 14.4 Å². The van der Waals surface area contributed by atoms with Crippen molar-refractivity contribution in [1.29, 1.82) is 0 Å². The van der Waals surface area contributed by atoms with Crippen LogP contribution in [0.25, 0.3) is 0 Å². The maximum atomic E-state index is 12.2. The van der Waals surface area contributed by atoms with Gasteiger partial charge in [-0.15, -0.1) is 0 Å². The van der Waals surface area contributed by atoms with Gasteiger partial charge in [-0.3, -0.25) is 9.59 Å². The van der Waals surface area contributed by atoms with Crippen LogP contribution in [0.1, 0.15) is 20.7 Å². The van der Waals surface area contributed by atoms with Crippen LogP contribution in [0.15, 0.2) is 78.9 Å². The van der Waals surface area contributed by atoms with Crippen LogP contribution in [-0.2, 0) is 4.79 Å². The predicted molar refractivity (Wildman–Crippen MR) is 110 cm³/mol. The van der Waals surface area contributed by atoms with Crippen molar-refractivity contribution in [2.24, 2.45) is 0 Å². The van der Waals surface area contributed by atoms with Gasteiger partial charge in [0, 0.05) is 11.3 Å². The van der Waals surface area contributed by atoms with Crippen molar-refractivity contribution < 1.29 is 19.1 Å². The number of halogens is 1. The lowest BCUT2D eigenvalue weighted by Crippen LogP contribution is -2.31. The number of rotatable bonds is 6. The Hall–Kier alpha value is -3.64. The third-order valence-corrected chi connectivity index (χ3v) is 4.22. The van der Waals surface area contributed by atoms with Gasteiger partial charge in [0.15, 0.2) is 0 Å². The van der Waals surface area contributed by atoms with Crippen LogP contribution in [0.2, 0.25) is 5.02 Å². The summed E-state index contributed by atoms with van der Waals surface area (Å²) in [5.74, 6) is -1.02. The Morgan fingerprint density at radius 3 is 2.14 bits per heavy atom. The molecule has 0 aliphatic heterocycles. The van der Waals surface area contributed by atoms with Gasteiger partial charge in [-0.2, -0.15) is 0 Å². The number of anilines is 1. The van der Waals surface area contributed by atoms with E-state index in [0.29, 0.717) is 27.6 Å². The predicted octanol–water partition coefficient (Wildman–Crippen LogP) is 3.93. The van der Waals surface area contributed by atoms with Crippen molar-refractivity contribution in [3.63, 3.8) is 0 Å². The number of benzene rings is 3. The van der Waals surface area contributed by atoms with Crippen molar-refractivity contribution in [3.05, 3.63) is 95.0 Å². The second kappa shape index (κ2) is 9.52. The molecule has 0 aliphatic carbocycles. The zero-order valence-electron chi connectivity index (χ0n) is 15.2. The van der Waals surface area contributed by atoms with Crippen LogP contribution in [-0.4, -0.2) is 24.3 Å². The minimum absolute atomic E-state index is 0.265. The van der Waals surface area contributed by atoms with Gasteiger partial charge in [0.25, 0.3) is 11.8 Å². The third-order valence-electron chi connectivity index (χ3n) is 3.89. The molecule has 3 aromatic rings. The number of carbonyl (C=O) groups is 3. The summed E-state index contributed by atoms with van der Waals surface area (Å²) in [7, 11) is 0. The Morgan fingerprint density at radius 2 is 1.45 bits per heavy atom. The lowest BCUT2D eigenvalue weighted by atomic mass is 10.2. The quantitative estimate of drug-likeness (QED) is 0.478. The number of carbonyl (C=O) groups excluding carboxylic acids is 3. The minimum Gasteiger partial charge on any atom is -0.425 e. The first-order valence-electron chi connectivity index (χ1n) is 8.73. The summed E-state index contributed by atoms with van der Waals surface area (Å²) < 4.78 is 5.18. The second-order valence-electron chi connectivity index (χ2n) is 5.98. The molecule has 2 N–H and O–H groups in total. The molecular formula is C22H17ClN2O4. The molecule has 0 heterocycles. The lowest BCUT2D eigenvalue weighted by molar-refractivity contribution is -0.133. The normalized spacial score (nSPS) is 10.1. The first-order chi connectivity index (χ1) is 14.0. The summed E-state index contributed by atoms with van der Waals surface area (Å²) in [6, 6.07) is 21.6. The second-order valence-corrected chi connectivity index (χ2v) is 6.39. The highest BCUT2D eigenvalue weighted by Crippen LogP contribution is 2.19. The van der Waals surface area contributed by atoms with Crippen LogP contribution in [0.5, 0.6) is 5.75 Å². The molecule has 29 heavy (non-hydrogen) atoms. The van der Waals surface area contributed by atoms with Crippen LogP contribution in [0.4, 0.5) is 5.69 Å². The zero-order chi connectivity index (χ0) is 20.6. The van der Waals surface area contributed by atoms with E-state index in [1.807, 2.05) is 0 Å². The highest BCUT2D eigenvalue weighted by atomic mass is 35.5. The standard InChI is InChI=1S/C22H17ClN2O4/c23-19-9-5-4-8-18(19)22(28)25-16-10-12-17(13-11-16)29-20(26)14-24-21(27)15-6-2-1-3-7-15/h1-13H,14H2,(H,24,27)(H,25,28). The number of hydrogen-bond donors (Lipinski definition) is 2. The monoisotopic (exact) mass is 408 g/mol. The van der Waals surface area contributed by atoms with Crippen LogP contribution < -0.4 is 15.4 Å². The Morgan fingerprint density at radius 1 is 0.793 bits per heavy atom. The number of esters is 1. The molecule has 2 amide bonds. The average Bonchev–Trinajstić information content (AvgIpc) is 2.74. The number of nitrogens with one attached hydrogen (secondary N) is 2. The number of ether oxygens (including phenoxy) is 1. The third kappa shape index (κ3) is 5.67. The van der Waals surface area contributed by atoms with Crippen LogP contribution >= 0.6 is 11.6 Å². The molecule has 3 aromatic carbocycles. The van der Waals surface area contributed by atoms with Gasteiger partial charge in [0.05, 0.1) is 10.6 Å². The smallest absolute Gasteiger partial charge is 0.330 e. The van der Waals surface area contributed by atoms with Crippen molar-refractivity contribution in [3.8, 4) is 5.75 Å². The molecule has 0 saturated heterocycles. The Labute approximate surface area is 172 Å². The molecule has 0 aliphatic rings. The Balaban J connectivity index is 1.51. The summed E-state index contributed by atoms with van der Waals surface area (Å²) in [6.07, 6.45) is 0. The molecule has 6 nitrogen and oxygen atoms in total. The van der Waals surface area contributed by atoms with E-state index in [0.717, 1.165) is 0 Å².